The third-order valence-electron chi connectivity index (χ3n) is 3.41. The molecule has 1 heterocycles. The average molecular weight is 200 g/mol. The van der Waals surface area contributed by atoms with Crippen molar-refractivity contribution in [2.45, 2.75) is 64.6 Å². The van der Waals surface area contributed by atoms with Crippen LogP contribution in [0.15, 0.2) is 0 Å². The first-order valence-electron chi connectivity index (χ1n) is 5.92. The van der Waals surface area contributed by atoms with E-state index in [1.807, 2.05) is 0 Å². The first-order valence-corrected chi connectivity index (χ1v) is 5.92. The Morgan fingerprint density at radius 1 is 1.43 bits per heavy atom. The minimum absolute atomic E-state index is 0.285. The van der Waals surface area contributed by atoms with Gasteiger partial charge in [0, 0.05) is 6.61 Å². The Morgan fingerprint density at radius 3 is 2.64 bits per heavy atom. The maximum atomic E-state index is 10.2. The maximum Gasteiger partial charge on any atom is 0.0914 e. The van der Waals surface area contributed by atoms with E-state index in [1.165, 1.54) is 6.42 Å². The second-order valence-electron chi connectivity index (χ2n) is 4.83. The van der Waals surface area contributed by atoms with Crippen LogP contribution < -0.4 is 0 Å². The Bertz CT molecular complexity index is 162. The summed E-state index contributed by atoms with van der Waals surface area (Å²) in [5, 5.41) is 10.2. The third-order valence-corrected chi connectivity index (χ3v) is 3.41. The molecule has 1 aliphatic heterocycles. The highest BCUT2D eigenvalue weighted by molar-refractivity contribution is 4.88. The molecule has 2 nitrogen and oxygen atoms in total. The van der Waals surface area contributed by atoms with Crippen molar-refractivity contribution in [1.29, 1.82) is 0 Å². The van der Waals surface area contributed by atoms with Crippen molar-refractivity contribution in [3.05, 3.63) is 0 Å². The molecule has 1 N–H and O–H groups in total. The van der Waals surface area contributed by atoms with Gasteiger partial charge in [0.2, 0.25) is 0 Å². The molecule has 0 amide bonds. The molecule has 2 heteroatoms. The van der Waals surface area contributed by atoms with Gasteiger partial charge < -0.3 is 9.84 Å². The van der Waals surface area contributed by atoms with Crippen LogP contribution in [0, 0.1) is 5.92 Å². The molecular formula is C12H24O2. The zero-order valence-corrected chi connectivity index (χ0v) is 9.75. The second kappa shape index (κ2) is 5.13. The topological polar surface area (TPSA) is 29.5 Å². The van der Waals surface area contributed by atoms with Gasteiger partial charge in [-0.15, -0.1) is 0 Å². The first-order chi connectivity index (χ1) is 6.60. The summed E-state index contributed by atoms with van der Waals surface area (Å²) in [7, 11) is 0. The van der Waals surface area contributed by atoms with Gasteiger partial charge in [-0.25, -0.2) is 0 Å². The van der Waals surface area contributed by atoms with Gasteiger partial charge in [-0.2, -0.15) is 0 Å². The average Bonchev–Trinajstić information content (AvgIpc) is 2.18. The van der Waals surface area contributed by atoms with Crippen molar-refractivity contribution >= 4 is 0 Å². The molecule has 0 radical (unpaired) electrons. The van der Waals surface area contributed by atoms with Gasteiger partial charge in [-0.3, -0.25) is 0 Å². The third kappa shape index (κ3) is 2.71. The highest BCUT2D eigenvalue weighted by atomic mass is 16.5. The van der Waals surface area contributed by atoms with E-state index in [-0.39, 0.29) is 11.7 Å². The zero-order chi connectivity index (χ0) is 10.6. The molecular weight excluding hydrogens is 176 g/mol. The van der Waals surface area contributed by atoms with Gasteiger partial charge in [0.1, 0.15) is 0 Å². The summed E-state index contributed by atoms with van der Waals surface area (Å²) >= 11 is 0. The van der Waals surface area contributed by atoms with Crippen LogP contribution in [-0.2, 0) is 4.74 Å². The van der Waals surface area contributed by atoms with E-state index in [1.54, 1.807) is 0 Å². The van der Waals surface area contributed by atoms with Gasteiger partial charge in [0.25, 0.3) is 0 Å². The van der Waals surface area contributed by atoms with E-state index in [0.29, 0.717) is 5.92 Å². The number of rotatable bonds is 4. The van der Waals surface area contributed by atoms with Crippen molar-refractivity contribution in [3.63, 3.8) is 0 Å². The smallest absolute Gasteiger partial charge is 0.0914 e. The number of ether oxygens (including phenoxy) is 1. The summed E-state index contributed by atoms with van der Waals surface area (Å²) in [5.41, 5.74) is -0.285. The predicted molar refractivity (Wildman–Crippen MR) is 58.3 cm³/mol. The molecule has 1 fully saturated rings. The Kier molecular flexibility index (Phi) is 4.39. The SMILES string of the molecule is CCCC(C)C(O)C1(C)CCCCO1. The minimum Gasteiger partial charge on any atom is -0.390 e. The molecule has 1 rings (SSSR count). The maximum absolute atomic E-state index is 10.2. The molecule has 0 aliphatic carbocycles. The Hall–Kier alpha value is -0.0800. The summed E-state index contributed by atoms with van der Waals surface area (Å²) < 4.78 is 5.74. The van der Waals surface area contributed by atoms with E-state index in [4.69, 9.17) is 4.74 Å². The summed E-state index contributed by atoms with van der Waals surface area (Å²) in [6.45, 7) is 7.15. The molecule has 3 unspecified atom stereocenters. The van der Waals surface area contributed by atoms with Crippen LogP contribution in [0.2, 0.25) is 0 Å². The lowest BCUT2D eigenvalue weighted by Gasteiger charge is -2.40. The van der Waals surface area contributed by atoms with E-state index < -0.39 is 0 Å². The molecule has 0 aromatic carbocycles. The van der Waals surface area contributed by atoms with E-state index in [9.17, 15) is 5.11 Å². The van der Waals surface area contributed by atoms with Gasteiger partial charge in [-0.05, 0) is 38.5 Å². The fourth-order valence-corrected chi connectivity index (χ4v) is 2.40. The molecule has 0 aromatic rings. The lowest BCUT2D eigenvalue weighted by Crippen LogP contribution is -2.47. The Morgan fingerprint density at radius 2 is 2.14 bits per heavy atom. The zero-order valence-electron chi connectivity index (χ0n) is 9.75. The quantitative estimate of drug-likeness (QED) is 0.756. The van der Waals surface area contributed by atoms with Crippen molar-refractivity contribution in [3.8, 4) is 0 Å². The minimum atomic E-state index is -0.303. The van der Waals surface area contributed by atoms with Crippen molar-refractivity contribution in [2.24, 2.45) is 5.92 Å². The summed E-state index contributed by atoms with van der Waals surface area (Å²) in [6, 6.07) is 0. The van der Waals surface area contributed by atoms with Crippen molar-refractivity contribution in [1.82, 2.24) is 0 Å². The summed E-state index contributed by atoms with van der Waals surface area (Å²) in [6.07, 6.45) is 5.25. The van der Waals surface area contributed by atoms with E-state index >= 15 is 0 Å². The van der Waals surface area contributed by atoms with Crippen LogP contribution in [0.4, 0.5) is 0 Å². The largest absolute Gasteiger partial charge is 0.390 e. The van der Waals surface area contributed by atoms with E-state index in [2.05, 4.69) is 20.8 Å². The first kappa shape index (κ1) is 12.0. The lowest BCUT2D eigenvalue weighted by molar-refractivity contribution is -0.151. The Balaban J connectivity index is 2.51. The highest BCUT2D eigenvalue weighted by Gasteiger charge is 2.38. The van der Waals surface area contributed by atoms with Gasteiger partial charge in [-0.1, -0.05) is 20.3 Å². The molecule has 0 saturated carbocycles. The fourth-order valence-electron chi connectivity index (χ4n) is 2.40. The number of aliphatic hydroxyl groups is 1. The summed E-state index contributed by atoms with van der Waals surface area (Å²) in [5.74, 6) is 0.350. The Labute approximate surface area is 87.7 Å². The van der Waals surface area contributed by atoms with Gasteiger partial charge in [0.05, 0.1) is 11.7 Å². The molecule has 0 spiro atoms. The lowest BCUT2D eigenvalue weighted by atomic mass is 9.82. The van der Waals surface area contributed by atoms with Crippen LogP contribution in [0.5, 0.6) is 0 Å². The van der Waals surface area contributed by atoms with Crippen molar-refractivity contribution in [2.75, 3.05) is 6.61 Å². The highest BCUT2D eigenvalue weighted by Crippen LogP contribution is 2.32. The molecule has 1 saturated heterocycles. The number of hydrogen-bond donors (Lipinski definition) is 1. The van der Waals surface area contributed by atoms with E-state index in [0.717, 1.165) is 32.3 Å². The van der Waals surface area contributed by atoms with Crippen LogP contribution in [-0.4, -0.2) is 23.4 Å². The van der Waals surface area contributed by atoms with Crippen LogP contribution in [0.1, 0.15) is 52.9 Å². The molecule has 84 valence electrons. The normalized spacial score (nSPS) is 32.6. The molecule has 0 aromatic heterocycles. The predicted octanol–water partition coefficient (Wildman–Crippen LogP) is 2.74. The molecule has 3 atom stereocenters. The van der Waals surface area contributed by atoms with Gasteiger partial charge in [0.15, 0.2) is 0 Å². The standard InChI is InChI=1S/C12H24O2/c1-4-7-10(2)11(13)12(3)8-5-6-9-14-12/h10-11,13H,4-9H2,1-3H3. The van der Waals surface area contributed by atoms with Crippen LogP contribution in [0.3, 0.4) is 0 Å². The van der Waals surface area contributed by atoms with Gasteiger partial charge >= 0.3 is 0 Å². The molecule has 14 heavy (non-hydrogen) atoms. The monoisotopic (exact) mass is 200 g/mol. The fraction of sp³-hybridized carbons (Fsp3) is 1.00. The van der Waals surface area contributed by atoms with Crippen molar-refractivity contribution < 1.29 is 9.84 Å². The number of hydrogen-bond acceptors (Lipinski definition) is 2. The second-order valence-corrected chi connectivity index (χ2v) is 4.83. The molecule has 0 bridgehead atoms. The number of aliphatic hydroxyl groups excluding tert-OH is 1. The van der Waals surface area contributed by atoms with Crippen LogP contribution in [0.25, 0.3) is 0 Å². The molecule has 1 aliphatic rings. The van der Waals surface area contributed by atoms with Crippen LogP contribution >= 0.6 is 0 Å². The summed E-state index contributed by atoms with van der Waals surface area (Å²) in [4.78, 5) is 0.